The summed E-state index contributed by atoms with van der Waals surface area (Å²) in [7, 11) is -7.67. The van der Waals surface area contributed by atoms with Crippen molar-refractivity contribution < 1.29 is 26.0 Å². The van der Waals surface area contributed by atoms with Crippen LogP contribution in [0.1, 0.15) is 23.2 Å². The maximum absolute atomic E-state index is 13.0. The Bertz CT molecular complexity index is 1460. The summed E-state index contributed by atoms with van der Waals surface area (Å²) in [6.07, 6.45) is 1.57. The molecule has 184 valence electrons. The van der Waals surface area contributed by atoms with Crippen LogP contribution in [-0.2, 0) is 20.0 Å². The Labute approximate surface area is 207 Å². The molecule has 3 aromatic carbocycles. The van der Waals surface area contributed by atoms with Crippen LogP contribution < -0.4 is 10.0 Å². The first-order chi connectivity index (χ1) is 16.6. The van der Waals surface area contributed by atoms with E-state index >= 15 is 0 Å². The Morgan fingerprint density at radius 1 is 0.829 bits per heavy atom. The van der Waals surface area contributed by atoms with E-state index < -0.39 is 31.8 Å². The first-order valence-electron chi connectivity index (χ1n) is 10.6. The number of hydrogen-bond acceptors (Lipinski definition) is 5. The van der Waals surface area contributed by atoms with Crippen molar-refractivity contribution in [1.29, 1.82) is 0 Å². The second kappa shape index (κ2) is 9.94. The SMILES string of the molecule is O=C(Nc1ccc(S(=O)(=O)Nc2ccc(F)cc2)cc1)c1cc(S(=O)(=O)N2CCCC2)ccc1Cl. The first-order valence-corrected chi connectivity index (χ1v) is 13.9. The van der Waals surface area contributed by atoms with Gasteiger partial charge in [-0.25, -0.2) is 21.2 Å². The van der Waals surface area contributed by atoms with E-state index in [9.17, 15) is 26.0 Å². The van der Waals surface area contributed by atoms with E-state index in [0.29, 0.717) is 13.1 Å². The van der Waals surface area contributed by atoms with Crippen LogP contribution in [0.25, 0.3) is 0 Å². The number of nitrogens with zero attached hydrogens (tertiary/aromatic N) is 1. The van der Waals surface area contributed by atoms with E-state index in [0.717, 1.165) is 25.0 Å². The van der Waals surface area contributed by atoms with Gasteiger partial charge in [-0.3, -0.25) is 9.52 Å². The Morgan fingerprint density at radius 2 is 1.40 bits per heavy atom. The third kappa shape index (κ3) is 5.64. The lowest BCUT2D eigenvalue weighted by Gasteiger charge is -2.16. The number of anilines is 2. The molecule has 3 aromatic rings. The van der Waals surface area contributed by atoms with Gasteiger partial charge in [0.25, 0.3) is 15.9 Å². The highest BCUT2D eigenvalue weighted by atomic mass is 35.5. The minimum atomic E-state index is -3.94. The van der Waals surface area contributed by atoms with E-state index in [1.54, 1.807) is 0 Å². The zero-order valence-corrected chi connectivity index (χ0v) is 20.6. The summed E-state index contributed by atoms with van der Waals surface area (Å²) in [4.78, 5) is 12.7. The average Bonchev–Trinajstić information content (AvgIpc) is 3.37. The molecule has 1 heterocycles. The van der Waals surface area contributed by atoms with Crippen LogP contribution in [0.15, 0.2) is 76.5 Å². The monoisotopic (exact) mass is 537 g/mol. The van der Waals surface area contributed by atoms with Gasteiger partial charge in [0.15, 0.2) is 0 Å². The molecule has 0 radical (unpaired) electrons. The van der Waals surface area contributed by atoms with Crippen molar-refractivity contribution in [3.63, 3.8) is 0 Å². The molecule has 1 aliphatic heterocycles. The van der Waals surface area contributed by atoms with Crippen molar-refractivity contribution in [3.05, 3.63) is 83.1 Å². The average molecular weight is 538 g/mol. The predicted molar refractivity (Wildman–Crippen MR) is 131 cm³/mol. The van der Waals surface area contributed by atoms with Gasteiger partial charge >= 0.3 is 0 Å². The van der Waals surface area contributed by atoms with Crippen LogP contribution in [0.5, 0.6) is 0 Å². The van der Waals surface area contributed by atoms with Gasteiger partial charge in [0.1, 0.15) is 5.82 Å². The fraction of sp³-hybridized carbons (Fsp3) is 0.174. The van der Waals surface area contributed by atoms with E-state index in [4.69, 9.17) is 11.6 Å². The second-order valence-corrected chi connectivity index (χ2v) is 11.9. The van der Waals surface area contributed by atoms with Crippen LogP contribution >= 0.6 is 11.6 Å². The van der Waals surface area contributed by atoms with Gasteiger partial charge < -0.3 is 5.32 Å². The lowest BCUT2D eigenvalue weighted by Crippen LogP contribution is -2.28. The highest BCUT2D eigenvalue weighted by Gasteiger charge is 2.28. The zero-order valence-electron chi connectivity index (χ0n) is 18.2. The van der Waals surface area contributed by atoms with E-state index in [-0.39, 0.29) is 31.8 Å². The first kappa shape index (κ1) is 25.1. The quantitative estimate of drug-likeness (QED) is 0.466. The smallest absolute Gasteiger partial charge is 0.261 e. The standard InChI is InChI=1S/C23H21ClFN3O5S2/c24-22-12-11-20(35(32,33)28-13-1-2-14-28)15-21(22)23(29)26-17-7-9-19(10-8-17)34(30,31)27-18-5-3-16(25)4-6-18/h3-12,15,27H,1-2,13-14H2,(H,26,29). The lowest BCUT2D eigenvalue weighted by molar-refractivity contribution is 0.102. The molecule has 0 saturated carbocycles. The van der Waals surface area contributed by atoms with Crippen LogP contribution in [0.3, 0.4) is 0 Å². The van der Waals surface area contributed by atoms with Gasteiger partial charge in [-0.05, 0) is 79.6 Å². The maximum Gasteiger partial charge on any atom is 0.261 e. The van der Waals surface area contributed by atoms with Crippen molar-refractivity contribution in [3.8, 4) is 0 Å². The largest absolute Gasteiger partial charge is 0.322 e. The van der Waals surface area contributed by atoms with Gasteiger partial charge in [0.05, 0.1) is 20.4 Å². The number of carbonyl (C=O) groups is 1. The second-order valence-electron chi connectivity index (χ2n) is 7.84. The summed E-state index contributed by atoms with van der Waals surface area (Å²) in [5.74, 6) is -1.14. The summed E-state index contributed by atoms with van der Waals surface area (Å²) in [5.41, 5.74) is 0.448. The minimum absolute atomic E-state index is 0.0257. The molecule has 0 aliphatic carbocycles. The molecule has 8 nitrogen and oxygen atoms in total. The lowest BCUT2D eigenvalue weighted by atomic mass is 10.2. The molecule has 1 amide bonds. The van der Waals surface area contributed by atoms with Gasteiger partial charge in [-0.15, -0.1) is 0 Å². The van der Waals surface area contributed by atoms with Gasteiger partial charge in [-0.1, -0.05) is 11.6 Å². The normalized spacial score (nSPS) is 14.6. The van der Waals surface area contributed by atoms with E-state index in [1.165, 1.54) is 58.9 Å². The molecule has 0 unspecified atom stereocenters. The summed E-state index contributed by atoms with van der Waals surface area (Å²) in [6.45, 7) is 0.857. The molecular formula is C23H21ClFN3O5S2. The van der Waals surface area contributed by atoms with Gasteiger partial charge in [0.2, 0.25) is 10.0 Å². The highest BCUT2D eigenvalue weighted by Crippen LogP contribution is 2.26. The molecule has 2 N–H and O–H groups in total. The molecule has 1 aliphatic rings. The number of benzene rings is 3. The van der Waals surface area contributed by atoms with Crippen molar-refractivity contribution >= 4 is 48.9 Å². The number of amides is 1. The van der Waals surface area contributed by atoms with Crippen molar-refractivity contribution in [2.45, 2.75) is 22.6 Å². The Hall–Kier alpha value is -2.99. The zero-order chi connectivity index (χ0) is 25.2. The fourth-order valence-electron chi connectivity index (χ4n) is 3.56. The summed E-state index contributed by atoms with van der Waals surface area (Å²) < 4.78 is 67.5. The number of halogens is 2. The molecular weight excluding hydrogens is 517 g/mol. The number of nitrogens with one attached hydrogen (secondary N) is 2. The number of hydrogen-bond donors (Lipinski definition) is 2. The Balaban J connectivity index is 1.50. The number of carbonyl (C=O) groups excluding carboxylic acids is 1. The van der Waals surface area contributed by atoms with Crippen LogP contribution in [-0.4, -0.2) is 40.1 Å². The molecule has 12 heteroatoms. The molecule has 0 bridgehead atoms. The fourth-order valence-corrected chi connectivity index (χ4v) is 6.37. The Morgan fingerprint density at radius 3 is 2.03 bits per heavy atom. The summed E-state index contributed by atoms with van der Waals surface area (Å²) in [6, 6.07) is 14.2. The number of sulfonamides is 2. The van der Waals surface area contributed by atoms with Crippen molar-refractivity contribution in [2.24, 2.45) is 0 Å². The maximum atomic E-state index is 13.0. The topological polar surface area (TPSA) is 113 Å². The highest BCUT2D eigenvalue weighted by molar-refractivity contribution is 7.92. The summed E-state index contributed by atoms with van der Waals surface area (Å²) in [5, 5.41) is 2.67. The molecule has 0 atom stereocenters. The molecule has 0 aromatic heterocycles. The third-order valence-corrected chi connectivity index (χ3v) is 9.03. The third-order valence-electron chi connectivity index (χ3n) is 5.40. The molecule has 35 heavy (non-hydrogen) atoms. The van der Waals surface area contributed by atoms with E-state index in [2.05, 4.69) is 10.0 Å². The molecule has 0 spiro atoms. The number of rotatable bonds is 7. The summed E-state index contributed by atoms with van der Waals surface area (Å²) >= 11 is 6.16. The molecule has 1 saturated heterocycles. The van der Waals surface area contributed by atoms with Gasteiger partial charge in [0, 0.05) is 24.5 Å². The van der Waals surface area contributed by atoms with Crippen LogP contribution in [0, 0.1) is 5.82 Å². The molecule has 1 fully saturated rings. The predicted octanol–water partition coefficient (Wildman–Crippen LogP) is 4.32. The van der Waals surface area contributed by atoms with Gasteiger partial charge in [-0.2, -0.15) is 4.31 Å². The Kier molecular flexibility index (Phi) is 7.13. The molecule has 4 rings (SSSR count). The van der Waals surface area contributed by atoms with E-state index in [1.807, 2.05) is 0 Å². The van der Waals surface area contributed by atoms with Crippen LogP contribution in [0.2, 0.25) is 5.02 Å². The minimum Gasteiger partial charge on any atom is -0.322 e. The van der Waals surface area contributed by atoms with Crippen LogP contribution in [0.4, 0.5) is 15.8 Å². The van der Waals surface area contributed by atoms with Crippen molar-refractivity contribution in [2.75, 3.05) is 23.1 Å². The van der Waals surface area contributed by atoms with Crippen molar-refractivity contribution in [1.82, 2.24) is 4.31 Å².